The Hall–Kier alpha value is -0.0800. The molecule has 2 N–H and O–H groups in total. The molecule has 3 aliphatic rings. The summed E-state index contributed by atoms with van der Waals surface area (Å²) >= 11 is 0. The third kappa shape index (κ3) is 0.775. The van der Waals surface area contributed by atoms with E-state index in [9.17, 15) is 10.2 Å². The van der Waals surface area contributed by atoms with E-state index >= 15 is 0 Å². The van der Waals surface area contributed by atoms with Gasteiger partial charge in [-0.25, -0.2) is 0 Å². The number of hydrogen-bond donors (Lipinski definition) is 2. The van der Waals surface area contributed by atoms with Crippen LogP contribution in [0.25, 0.3) is 0 Å². The first-order valence-electron chi connectivity index (χ1n) is 4.82. The molecule has 0 aliphatic heterocycles. The van der Waals surface area contributed by atoms with E-state index in [0.717, 1.165) is 6.42 Å². The van der Waals surface area contributed by atoms with Gasteiger partial charge in [-0.3, -0.25) is 0 Å². The van der Waals surface area contributed by atoms with Gasteiger partial charge in [-0.1, -0.05) is 20.8 Å². The summed E-state index contributed by atoms with van der Waals surface area (Å²) in [4.78, 5) is 0. The van der Waals surface area contributed by atoms with Crippen LogP contribution in [0.3, 0.4) is 0 Å². The van der Waals surface area contributed by atoms with Gasteiger partial charge in [-0.2, -0.15) is 0 Å². The predicted octanol–water partition coefficient (Wildman–Crippen LogP) is 1.02. The average Bonchev–Trinajstić information content (AvgIpc) is 1.98. The van der Waals surface area contributed by atoms with Gasteiger partial charge in [0.1, 0.15) is 0 Å². The minimum absolute atomic E-state index is 0.248. The molecule has 3 saturated carbocycles. The Morgan fingerprint density at radius 1 is 1.08 bits per heavy atom. The molecule has 2 heteroatoms. The topological polar surface area (TPSA) is 40.5 Å². The molecule has 2 bridgehead atoms. The summed E-state index contributed by atoms with van der Waals surface area (Å²) in [5.41, 5.74) is 0.248. The second-order valence-corrected chi connectivity index (χ2v) is 5.11. The number of fused-ring (bicyclic) bond motifs is 2. The van der Waals surface area contributed by atoms with Crippen molar-refractivity contribution in [1.82, 2.24) is 0 Å². The van der Waals surface area contributed by atoms with Crippen LogP contribution in [-0.2, 0) is 0 Å². The standard InChI is InChI=1S/C10H18O2/c1-5-6-4-7(10(6,2)3)9(12)8(5)11/h5-9,11-12H,4H2,1-3H3/t5-,6-,7+,8+,9+/m1/s1. The van der Waals surface area contributed by atoms with E-state index in [-0.39, 0.29) is 11.3 Å². The van der Waals surface area contributed by atoms with Gasteiger partial charge in [0.2, 0.25) is 0 Å². The van der Waals surface area contributed by atoms with Gasteiger partial charge in [-0.05, 0) is 29.6 Å². The van der Waals surface area contributed by atoms with E-state index in [2.05, 4.69) is 20.8 Å². The Bertz CT molecular complexity index is 182. The lowest BCUT2D eigenvalue weighted by Gasteiger charge is -2.63. The van der Waals surface area contributed by atoms with Crippen LogP contribution in [0.4, 0.5) is 0 Å². The highest BCUT2D eigenvalue weighted by Gasteiger charge is 2.60. The van der Waals surface area contributed by atoms with Crippen LogP contribution >= 0.6 is 0 Å². The van der Waals surface area contributed by atoms with Gasteiger partial charge in [0.05, 0.1) is 12.2 Å². The molecule has 12 heavy (non-hydrogen) atoms. The average molecular weight is 170 g/mol. The minimum atomic E-state index is -0.486. The summed E-state index contributed by atoms with van der Waals surface area (Å²) in [5, 5.41) is 19.4. The molecule has 0 aromatic carbocycles. The van der Waals surface area contributed by atoms with Gasteiger partial charge in [0.25, 0.3) is 0 Å². The molecule has 0 heterocycles. The summed E-state index contributed by atoms with van der Waals surface area (Å²) < 4.78 is 0. The molecule has 2 nitrogen and oxygen atoms in total. The molecule has 3 rings (SSSR count). The van der Waals surface area contributed by atoms with Crippen molar-refractivity contribution in [1.29, 1.82) is 0 Å². The highest BCUT2D eigenvalue weighted by molar-refractivity contribution is 5.09. The summed E-state index contributed by atoms with van der Waals surface area (Å²) in [6, 6.07) is 0. The Morgan fingerprint density at radius 2 is 1.67 bits per heavy atom. The van der Waals surface area contributed by atoms with E-state index in [1.54, 1.807) is 0 Å². The van der Waals surface area contributed by atoms with Crippen LogP contribution in [0.2, 0.25) is 0 Å². The second kappa shape index (κ2) is 2.24. The van der Waals surface area contributed by atoms with E-state index < -0.39 is 12.2 Å². The van der Waals surface area contributed by atoms with Crippen LogP contribution in [0.5, 0.6) is 0 Å². The van der Waals surface area contributed by atoms with Crippen molar-refractivity contribution < 1.29 is 10.2 Å². The maximum absolute atomic E-state index is 9.74. The van der Waals surface area contributed by atoms with E-state index in [4.69, 9.17) is 0 Å². The summed E-state index contributed by atoms with van der Waals surface area (Å²) in [6.07, 6.45) is 0.133. The Kier molecular flexibility index (Phi) is 1.59. The zero-order valence-corrected chi connectivity index (χ0v) is 7.99. The lowest BCUT2D eigenvalue weighted by atomic mass is 9.44. The molecule has 0 radical (unpaired) electrons. The van der Waals surface area contributed by atoms with Crippen LogP contribution in [0.15, 0.2) is 0 Å². The fourth-order valence-corrected chi connectivity index (χ4v) is 3.25. The van der Waals surface area contributed by atoms with Crippen molar-refractivity contribution >= 4 is 0 Å². The summed E-state index contributed by atoms with van der Waals surface area (Å²) in [7, 11) is 0. The van der Waals surface area contributed by atoms with Gasteiger partial charge in [0, 0.05) is 0 Å². The quantitative estimate of drug-likeness (QED) is 0.570. The normalized spacial score (nSPS) is 56.2. The highest BCUT2D eigenvalue weighted by Crippen LogP contribution is 2.61. The second-order valence-electron chi connectivity index (χ2n) is 5.11. The number of aliphatic hydroxyl groups is 2. The molecule has 0 spiro atoms. The zero-order valence-electron chi connectivity index (χ0n) is 7.99. The van der Waals surface area contributed by atoms with Gasteiger partial charge < -0.3 is 10.2 Å². The van der Waals surface area contributed by atoms with E-state index in [0.29, 0.717) is 11.8 Å². The predicted molar refractivity (Wildman–Crippen MR) is 46.6 cm³/mol. The molecular formula is C10H18O2. The van der Waals surface area contributed by atoms with Crippen molar-refractivity contribution in [3.05, 3.63) is 0 Å². The minimum Gasteiger partial charge on any atom is -0.390 e. The number of aliphatic hydroxyl groups excluding tert-OH is 2. The third-order valence-electron chi connectivity index (χ3n) is 4.35. The lowest BCUT2D eigenvalue weighted by molar-refractivity contribution is -0.222. The van der Waals surface area contributed by atoms with Crippen molar-refractivity contribution in [3.63, 3.8) is 0 Å². The van der Waals surface area contributed by atoms with Crippen LogP contribution in [0, 0.1) is 23.2 Å². The molecule has 3 fully saturated rings. The van der Waals surface area contributed by atoms with Gasteiger partial charge in [-0.15, -0.1) is 0 Å². The fraction of sp³-hybridized carbons (Fsp3) is 1.00. The zero-order chi connectivity index (χ0) is 9.09. The van der Waals surface area contributed by atoms with Crippen LogP contribution in [0.1, 0.15) is 27.2 Å². The first kappa shape index (κ1) is 8.52. The third-order valence-corrected chi connectivity index (χ3v) is 4.35. The Morgan fingerprint density at radius 3 is 2.08 bits per heavy atom. The van der Waals surface area contributed by atoms with Crippen molar-refractivity contribution in [2.75, 3.05) is 0 Å². The maximum atomic E-state index is 9.74. The molecule has 0 aromatic heterocycles. The molecular weight excluding hydrogens is 152 g/mol. The largest absolute Gasteiger partial charge is 0.390 e. The number of hydrogen-bond acceptors (Lipinski definition) is 2. The lowest BCUT2D eigenvalue weighted by Crippen LogP contribution is -2.64. The SMILES string of the molecule is C[C@H]1[C@H](O)[C@@H](O)[C@@H]2C[C@H]1C2(C)C. The first-order valence-corrected chi connectivity index (χ1v) is 4.82. The molecule has 0 unspecified atom stereocenters. The smallest absolute Gasteiger partial charge is 0.0835 e. The molecule has 3 aliphatic carbocycles. The molecule has 70 valence electrons. The highest BCUT2D eigenvalue weighted by atomic mass is 16.3. The maximum Gasteiger partial charge on any atom is 0.0835 e. The van der Waals surface area contributed by atoms with Gasteiger partial charge >= 0.3 is 0 Å². The van der Waals surface area contributed by atoms with E-state index in [1.807, 2.05) is 0 Å². The molecule has 0 saturated heterocycles. The van der Waals surface area contributed by atoms with Gasteiger partial charge in [0.15, 0.2) is 0 Å². The van der Waals surface area contributed by atoms with E-state index in [1.165, 1.54) is 0 Å². The molecule has 5 atom stereocenters. The summed E-state index contributed by atoms with van der Waals surface area (Å²) in [5.74, 6) is 1.20. The monoisotopic (exact) mass is 170 g/mol. The molecule has 0 aromatic rings. The Balaban J connectivity index is 2.24. The first-order chi connectivity index (χ1) is 5.46. The number of rotatable bonds is 0. The summed E-state index contributed by atoms with van der Waals surface area (Å²) in [6.45, 7) is 6.46. The van der Waals surface area contributed by atoms with Crippen LogP contribution in [-0.4, -0.2) is 22.4 Å². The van der Waals surface area contributed by atoms with Crippen LogP contribution < -0.4 is 0 Å². The fourth-order valence-electron chi connectivity index (χ4n) is 3.25. The molecule has 0 amide bonds. The Labute approximate surface area is 73.6 Å². The van der Waals surface area contributed by atoms with Crippen molar-refractivity contribution in [3.8, 4) is 0 Å². The van der Waals surface area contributed by atoms with Crippen molar-refractivity contribution in [2.24, 2.45) is 23.2 Å². The van der Waals surface area contributed by atoms with Crippen molar-refractivity contribution in [2.45, 2.75) is 39.4 Å².